The van der Waals surface area contributed by atoms with Crippen LogP contribution in [0.15, 0.2) is 27.8 Å². The number of rotatable bonds is 2. The number of hydrogen-bond donors (Lipinski definition) is 0. The predicted octanol–water partition coefficient (Wildman–Crippen LogP) is 1.92. The van der Waals surface area contributed by atoms with E-state index in [0.29, 0.717) is 11.9 Å². The highest BCUT2D eigenvalue weighted by Gasteiger charge is 2.55. The van der Waals surface area contributed by atoms with E-state index in [0.717, 1.165) is 5.76 Å². The lowest BCUT2D eigenvalue weighted by molar-refractivity contribution is -0.679. The molecule has 122 valence electrons. The highest BCUT2D eigenvalue weighted by Crippen LogP contribution is 2.32. The fourth-order valence-electron chi connectivity index (χ4n) is 2.64. The van der Waals surface area contributed by atoms with E-state index >= 15 is 0 Å². The van der Waals surface area contributed by atoms with Gasteiger partial charge in [0.15, 0.2) is 5.76 Å². The number of aliphatic imine (C=N–C) groups is 1. The van der Waals surface area contributed by atoms with E-state index in [-0.39, 0.29) is 23.9 Å². The summed E-state index contributed by atoms with van der Waals surface area (Å²) in [4.78, 5) is 32.2. The number of amidine groups is 1. The van der Waals surface area contributed by atoms with Crippen molar-refractivity contribution >= 4 is 23.8 Å². The van der Waals surface area contributed by atoms with Crippen molar-refractivity contribution < 1.29 is 18.6 Å². The lowest BCUT2D eigenvalue weighted by atomic mass is 9.94. The maximum Gasteiger partial charge on any atom is 0.506 e. The van der Waals surface area contributed by atoms with Gasteiger partial charge in [-0.15, -0.1) is 0 Å². The van der Waals surface area contributed by atoms with E-state index in [1.807, 2.05) is 40.0 Å². The Bertz CT molecular complexity index is 739. The van der Waals surface area contributed by atoms with Gasteiger partial charge in [0, 0.05) is 24.0 Å². The van der Waals surface area contributed by atoms with Crippen LogP contribution in [0.4, 0.5) is 10.8 Å². The highest BCUT2D eigenvalue weighted by molar-refractivity contribution is 6.19. The summed E-state index contributed by atoms with van der Waals surface area (Å²) in [5.74, 6) is 0.883. The maximum absolute atomic E-state index is 12.8. The molecule has 3 rings (SSSR count). The Morgan fingerprint density at radius 2 is 2.09 bits per heavy atom. The molecule has 2 aliphatic rings. The van der Waals surface area contributed by atoms with Gasteiger partial charge in [0.05, 0.1) is 0 Å². The van der Waals surface area contributed by atoms with Crippen molar-refractivity contribution in [1.82, 2.24) is 9.80 Å². The molecule has 3 heterocycles. The number of allylic oxidation sites excluding steroid dienone is 1. The molecule has 1 aromatic rings. The van der Waals surface area contributed by atoms with Gasteiger partial charge in [-0.1, -0.05) is 32.9 Å². The summed E-state index contributed by atoms with van der Waals surface area (Å²) in [6.07, 6.45) is 5.40. The fraction of sp³-hybridized carbons (Fsp3) is 0.500. The zero-order valence-electron chi connectivity index (χ0n) is 14.0. The highest BCUT2D eigenvalue weighted by atomic mass is 16.4. The lowest BCUT2D eigenvalue weighted by Crippen LogP contribution is -2.62. The van der Waals surface area contributed by atoms with E-state index in [1.54, 1.807) is 17.7 Å². The van der Waals surface area contributed by atoms with Gasteiger partial charge < -0.3 is 4.42 Å². The van der Waals surface area contributed by atoms with Crippen molar-refractivity contribution in [2.45, 2.75) is 39.2 Å². The van der Waals surface area contributed by atoms with Crippen molar-refractivity contribution in [1.29, 1.82) is 0 Å². The molecule has 0 aliphatic carbocycles. The molecule has 0 spiro atoms. The average molecular weight is 317 g/mol. The normalized spacial score (nSPS) is 21.1. The molecule has 23 heavy (non-hydrogen) atoms. The number of oxazole rings is 1. The monoisotopic (exact) mass is 317 g/mol. The summed E-state index contributed by atoms with van der Waals surface area (Å²) >= 11 is 0. The van der Waals surface area contributed by atoms with Gasteiger partial charge in [-0.3, -0.25) is 14.6 Å². The summed E-state index contributed by atoms with van der Waals surface area (Å²) in [7, 11) is 1.63. The van der Waals surface area contributed by atoms with E-state index in [2.05, 4.69) is 4.99 Å². The average Bonchev–Trinajstić information content (AvgIpc) is 3.02. The molecule has 1 fully saturated rings. The molecule has 1 saturated heterocycles. The van der Waals surface area contributed by atoms with Crippen LogP contribution in [0.1, 0.15) is 39.5 Å². The number of urea groups is 1. The Labute approximate surface area is 134 Å². The van der Waals surface area contributed by atoms with Crippen LogP contribution in [0.5, 0.6) is 0 Å². The molecule has 7 nitrogen and oxygen atoms in total. The molecule has 2 aliphatic heterocycles. The largest absolute Gasteiger partial charge is 0.506 e. The van der Waals surface area contributed by atoms with Crippen LogP contribution in [-0.2, 0) is 10.2 Å². The van der Waals surface area contributed by atoms with Gasteiger partial charge in [0.25, 0.3) is 17.8 Å². The Morgan fingerprint density at radius 1 is 1.39 bits per heavy atom. The van der Waals surface area contributed by atoms with Crippen LogP contribution in [0.2, 0.25) is 0 Å². The maximum atomic E-state index is 12.8. The summed E-state index contributed by atoms with van der Waals surface area (Å²) in [5, 5.41) is 0. The van der Waals surface area contributed by atoms with E-state index in [4.69, 9.17) is 4.42 Å². The third-order valence-corrected chi connectivity index (χ3v) is 4.04. The molecule has 0 radical (unpaired) electrons. The Hall–Kier alpha value is -2.44. The predicted molar refractivity (Wildman–Crippen MR) is 83.4 cm³/mol. The molecule has 1 aromatic heterocycles. The van der Waals surface area contributed by atoms with Crippen LogP contribution in [-0.4, -0.2) is 41.2 Å². The van der Waals surface area contributed by atoms with Crippen LogP contribution < -0.4 is 4.57 Å². The molecule has 0 aromatic carbocycles. The van der Waals surface area contributed by atoms with Crippen LogP contribution in [0, 0.1) is 0 Å². The minimum Gasteiger partial charge on any atom is -0.389 e. The SMILES string of the molecule is C/C=C/CN1C(=O)C2C(=Nc3oc(C(C)(C)C)c[n+]32)N(C)C1=O. The first-order valence-electron chi connectivity index (χ1n) is 7.60. The Balaban J connectivity index is 2.03. The number of carbonyl (C=O) groups is 2. The van der Waals surface area contributed by atoms with E-state index < -0.39 is 6.04 Å². The first-order chi connectivity index (χ1) is 10.8. The van der Waals surface area contributed by atoms with E-state index in [9.17, 15) is 9.59 Å². The molecular weight excluding hydrogens is 296 g/mol. The Morgan fingerprint density at radius 3 is 2.70 bits per heavy atom. The number of imide groups is 1. The van der Waals surface area contributed by atoms with Crippen LogP contribution in [0.25, 0.3) is 0 Å². The lowest BCUT2D eigenvalue weighted by Gasteiger charge is -2.31. The summed E-state index contributed by atoms with van der Waals surface area (Å²) < 4.78 is 7.50. The number of carbonyl (C=O) groups excluding carboxylic acids is 2. The minimum absolute atomic E-state index is 0.183. The number of nitrogens with zero attached hydrogens (tertiary/aromatic N) is 4. The van der Waals surface area contributed by atoms with Gasteiger partial charge in [-0.2, -0.15) is 4.57 Å². The molecule has 0 bridgehead atoms. The first kappa shape index (κ1) is 15.5. The van der Waals surface area contributed by atoms with Gasteiger partial charge in [0.1, 0.15) is 6.20 Å². The smallest absolute Gasteiger partial charge is 0.389 e. The van der Waals surface area contributed by atoms with Crippen molar-refractivity contribution in [3.8, 4) is 0 Å². The Kier molecular flexibility index (Phi) is 3.39. The van der Waals surface area contributed by atoms with Crippen molar-refractivity contribution in [2.75, 3.05) is 13.6 Å². The number of likely N-dealkylation sites (N-methyl/N-ethyl adjacent to an activating group) is 1. The molecular formula is C16H21N4O3+. The molecule has 0 N–H and O–H groups in total. The molecule has 1 atom stereocenters. The van der Waals surface area contributed by atoms with Gasteiger partial charge in [-0.25, -0.2) is 4.79 Å². The fourth-order valence-corrected chi connectivity index (χ4v) is 2.64. The molecule has 1 unspecified atom stereocenters. The molecule has 3 amide bonds. The van der Waals surface area contributed by atoms with E-state index in [1.165, 1.54) is 9.80 Å². The van der Waals surface area contributed by atoms with Gasteiger partial charge >= 0.3 is 12.0 Å². The van der Waals surface area contributed by atoms with Crippen LogP contribution >= 0.6 is 0 Å². The summed E-state index contributed by atoms with van der Waals surface area (Å²) in [6, 6.07) is -0.654. The molecule has 0 saturated carbocycles. The van der Waals surface area contributed by atoms with Crippen molar-refractivity contribution in [3.63, 3.8) is 0 Å². The summed E-state index contributed by atoms with van der Waals surface area (Å²) in [6.45, 7) is 8.19. The minimum atomic E-state index is -0.641. The second-order valence-corrected chi connectivity index (χ2v) is 6.77. The number of hydrogen-bond acceptors (Lipinski definition) is 4. The van der Waals surface area contributed by atoms with Gasteiger partial charge in [0.2, 0.25) is 0 Å². The van der Waals surface area contributed by atoms with Crippen LogP contribution in [0.3, 0.4) is 0 Å². The second kappa shape index (κ2) is 5.04. The number of amides is 3. The zero-order chi connectivity index (χ0) is 16.9. The third-order valence-electron chi connectivity index (χ3n) is 4.04. The van der Waals surface area contributed by atoms with Gasteiger partial charge in [-0.05, 0) is 6.92 Å². The third kappa shape index (κ3) is 2.27. The zero-order valence-corrected chi connectivity index (χ0v) is 14.0. The number of fused-ring (bicyclic) bond motifs is 3. The standard InChI is InChI=1S/C16H21N4O3/c1-6-7-8-19-13(21)11-12(18(5)15(19)22)17-14-20(11)9-10(23-14)16(2,3)4/h6-7,9,11H,8H2,1-5H3/q+1/b7-6+. The first-order valence-corrected chi connectivity index (χ1v) is 7.60. The summed E-state index contributed by atoms with van der Waals surface area (Å²) in [5.41, 5.74) is -0.183. The van der Waals surface area contributed by atoms with Crippen molar-refractivity contribution in [2.24, 2.45) is 4.99 Å². The van der Waals surface area contributed by atoms with Crippen molar-refractivity contribution in [3.05, 3.63) is 24.1 Å². The topological polar surface area (TPSA) is 70.0 Å². The second-order valence-electron chi connectivity index (χ2n) is 6.77. The molecule has 7 heteroatoms. The number of aromatic nitrogens is 1. The quantitative estimate of drug-likeness (QED) is 0.618.